The molecule has 0 atom stereocenters. The number of rotatable bonds is 7. The van der Waals surface area contributed by atoms with Crippen LogP contribution in [0.25, 0.3) is 0 Å². The van der Waals surface area contributed by atoms with Gasteiger partial charge in [-0.05, 0) is 19.3 Å². The van der Waals surface area contributed by atoms with Crippen LogP contribution in [0.15, 0.2) is 18.2 Å². The Morgan fingerprint density at radius 2 is 2.12 bits per heavy atom. The summed E-state index contributed by atoms with van der Waals surface area (Å²) >= 11 is 0. The number of pyridine rings is 1. The first-order valence-electron chi connectivity index (χ1n) is 8.29. The Morgan fingerprint density at radius 3 is 2.81 bits per heavy atom. The predicted molar refractivity (Wildman–Crippen MR) is 88.2 cm³/mol. The molecule has 0 unspecified atom stereocenters. The maximum Gasteiger partial charge on any atom is 2.00 e. The summed E-state index contributed by atoms with van der Waals surface area (Å²) in [5.74, 6) is -0.547. The number of likely N-dealkylation sites (N-methyl/N-ethyl adjacent to an activating group) is 1. The van der Waals surface area contributed by atoms with Crippen molar-refractivity contribution in [2.45, 2.75) is 13.5 Å². The first-order valence-corrected chi connectivity index (χ1v) is 8.29. The Kier molecular flexibility index (Phi) is 7.43. The molecule has 0 aromatic carbocycles. The van der Waals surface area contributed by atoms with Gasteiger partial charge >= 0.3 is 23.0 Å². The second-order valence-corrected chi connectivity index (χ2v) is 6.11. The molecule has 0 saturated carbocycles. The van der Waals surface area contributed by atoms with Crippen LogP contribution < -0.4 is 0 Å². The monoisotopic (exact) mass is 401 g/mol. The summed E-state index contributed by atoms with van der Waals surface area (Å²) in [5.41, 5.74) is 1.39. The molecule has 26 heavy (non-hydrogen) atoms. The topological polar surface area (TPSA) is 75.2 Å². The fourth-order valence-electron chi connectivity index (χ4n) is 2.64. The third-order valence-electron chi connectivity index (χ3n) is 4.17. The average molecular weight is 401 g/mol. The largest absolute Gasteiger partial charge is 2.00 e. The molecule has 3 heterocycles. The normalized spacial score (nSPS) is 18.2. The maximum atomic E-state index is 11.8. The number of cyclic esters (lactones) is 2. The third-order valence-corrected chi connectivity index (χ3v) is 4.17. The summed E-state index contributed by atoms with van der Waals surface area (Å²) in [6.07, 6.45) is 0.495. The van der Waals surface area contributed by atoms with Crippen molar-refractivity contribution in [3.8, 4) is 0 Å². The molecule has 0 amide bonds. The van der Waals surface area contributed by atoms with Crippen LogP contribution in [0.3, 0.4) is 0 Å². The van der Waals surface area contributed by atoms with Crippen molar-refractivity contribution in [1.29, 1.82) is 0 Å². The van der Waals surface area contributed by atoms with E-state index in [0.29, 0.717) is 25.0 Å². The van der Waals surface area contributed by atoms with Crippen molar-refractivity contribution < 1.29 is 36.1 Å². The number of hydrogen-bond donors (Lipinski definition) is 0. The summed E-state index contributed by atoms with van der Waals surface area (Å²) in [5, 5.41) is 0. The molecule has 2 fully saturated rings. The van der Waals surface area contributed by atoms with Gasteiger partial charge in [0.05, 0.1) is 13.1 Å². The molecule has 3 rings (SSSR count). The fraction of sp³-hybridized carbons (Fsp3) is 0.471. The van der Waals surface area contributed by atoms with E-state index < -0.39 is 0 Å². The van der Waals surface area contributed by atoms with Gasteiger partial charge in [0.1, 0.15) is 0 Å². The molecule has 141 valence electrons. The van der Waals surface area contributed by atoms with Crippen LogP contribution in [0.4, 0.5) is 0 Å². The smallest absolute Gasteiger partial charge is 0.621 e. The quantitative estimate of drug-likeness (QED) is 0.365. The van der Waals surface area contributed by atoms with E-state index in [9.17, 15) is 9.59 Å². The minimum Gasteiger partial charge on any atom is -0.621 e. The van der Waals surface area contributed by atoms with E-state index in [1.165, 1.54) is 6.73 Å². The summed E-state index contributed by atoms with van der Waals surface area (Å²) in [7, 11) is 2.03. The van der Waals surface area contributed by atoms with Gasteiger partial charge in [-0.15, -0.1) is 6.07 Å². The van der Waals surface area contributed by atoms with Gasteiger partial charge in [-0.1, -0.05) is 19.7 Å². The minimum absolute atomic E-state index is 0. The van der Waals surface area contributed by atoms with Crippen LogP contribution in [-0.4, -0.2) is 71.4 Å². The standard InChI is InChI=1S/C17H22N4O4.Mn/c1-3-19(2)7-8-21-11-16(23)25-17(21)14-6-4-5-13(18-14)9-20-10-15(22)24-12-20;/h4-6,12H,3,7-11H2,1-2H3;/q-2;+2. The third kappa shape index (κ3) is 5.18. The van der Waals surface area contributed by atoms with Gasteiger partial charge in [0.2, 0.25) is 0 Å². The second-order valence-electron chi connectivity index (χ2n) is 6.11. The zero-order chi connectivity index (χ0) is 17.8. The molecule has 0 N–H and O–H groups in total. The molecule has 2 saturated heterocycles. The Labute approximate surface area is 163 Å². The van der Waals surface area contributed by atoms with Crippen LogP contribution in [0.1, 0.15) is 18.3 Å². The molecule has 2 aliphatic heterocycles. The van der Waals surface area contributed by atoms with Crippen molar-refractivity contribution in [2.75, 3.05) is 39.8 Å². The molecule has 8 nitrogen and oxygen atoms in total. The number of nitrogens with zero attached hydrogens (tertiary/aromatic N) is 4. The van der Waals surface area contributed by atoms with Gasteiger partial charge in [0.25, 0.3) is 5.97 Å². The molecule has 1 aromatic rings. The number of carbonyl (C=O) groups excluding carboxylic acids is 2. The zero-order valence-corrected chi connectivity index (χ0v) is 16.0. The molecule has 2 aliphatic rings. The van der Waals surface area contributed by atoms with Gasteiger partial charge in [0.15, 0.2) is 0 Å². The van der Waals surface area contributed by atoms with Gasteiger partial charge < -0.3 is 24.2 Å². The number of esters is 2. The van der Waals surface area contributed by atoms with Crippen LogP contribution in [-0.2, 0) is 42.7 Å². The molecule has 0 spiro atoms. The van der Waals surface area contributed by atoms with E-state index in [0.717, 1.165) is 18.8 Å². The molecule has 1 aromatic heterocycles. The summed E-state index contributed by atoms with van der Waals surface area (Å²) < 4.78 is 10.2. The van der Waals surface area contributed by atoms with Crippen molar-refractivity contribution in [3.05, 3.63) is 42.5 Å². The van der Waals surface area contributed by atoms with Gasteiger partial charge in [0, 0.05) is 31.6 Å². The maximum absolute atomic E-state index is 11.8. The van der Waals surface area contributed by atoms with E-state index in [-0.39, 0.29) is 42.1 Å². The SMILES string of the molecule is CCN(C)CCN1CC(=O)O[C-]1c1cccc(CN2[CH-]OC(=O)C2)n1.[Mn+2]. The molecule has 9 heteroatoms. The van der Waals surface area contributed by atoms with Crippen LogP contribution >= 0.6 is 0 Å². The molecule has 0 aliphatic carbocycles. The van der Waals surface area contributed by atoms with Crippen LogP contribution in [0.2, 0.25) is 0 Å². The Balaban J connectivity index is 0.00000243. The van der Waals surface area contributed by atoms with E-state index in [1.807, 2.05) is 30.1 Å². The van der Waals surface area contributed by atoms with Gasteiger partial charge in [-0.25, -0.2) is 0 Å². The number of ether oxygens (including phenoxy) is 2. The molecular weight excluding hydrogens is 379 g/mol. The van der Waals surface area contributed by atoms with E-state index in [4.69, 9.17) is 9.47 Å². The average Bonchev–Trinajstić information content (AvgIpc) is 3.18. The van der Waals surface area contributed by atoms with E-state index >= 15 is 0 Å². The Hall–Kier alpha value is -1.64. The molecular formula is C17H22MnN4O4. The number of carbonyl (C=O) groups is 2. The van der Waals surface area contributed by atoms with E-state index in [2.05, 4.69) is 16.8 Å². The number of hydrogen-bond acceptors (Lipinski definition) is 8. The van der Waals surface area contributed by atoms with E-state index in [1.54, 1.807) is 4.90 Å². The summed E-state index contributed by atoms with van der Waals surface area (Å²) in [6.45, 7) is 6.88. The van der Waals surface area contributed by atoms with Crippen molar-refractivity contribution in [1.82, 2.24) is 19.7 Å². The van der Waals surface area contributed by atoms with Gasteiger partial charge in [-0.2, -0.15) is 6.07 Å². The van der Waals surface area contributed by atoms with Crippen molar-refractivity contribution in [2.24, 2.45) is 0 Å². The summed E-state index contributed by atoms with van der Waals surface area (Å²) in [6, 6.07) is 5.56. The molecule has 1 radical (unpaired) electrons. The first-order chi connectivity index (χ1) is 12.0. The Bertz CT molecular complexity index is 645. The Morgan fingerprint density at radius 1 is 1.31 bits per heavy atom. The summed E-state index contributed by atoms with van der Waals surface area (Å²) in [4.78, 5) is 33.3. The first kappa shape index (κ1) is 20.7. The van der Waals surface area contributed by atoms with Crippen LogP contribution in [0, 0.1) is 13.0 Å². The second kappa shape index (κ2) is 9.34. The van der Waals surface area contributed by atoms with Crippen molar-refractivity contribution in [3.63, 3.8) is 0 Å². The zero-order valence-electron chi connectivity index (χ0n) is 14.9. The predicted octanol–water partition coefficient (Wildman–Crippen LogP) is 0.205. The number of aromatic nitrogens is 1. The minimum atomic E-state index is -0.276. The molecule has 0 bridgehead atoms. The van der Waals surface area contributed by atoms with Gasteiger partial charge in [-0.3, -0.25) is 14.6 Å². The van der Waals surface area contributed by atoms with Crippen molar-refractivity contribution >= 4 is 11.9 Å². The van der Waals surface area contributed by atoms with Crippen LogP contribution in [0.5, 0.6) is 0 Å². The fourth-order valence-corrected chi connectivity index (χ4v) is 2.64.